The van der Waals surface area contributed by atoms with Crippen LogP contribution in [0.2, 0.25) is 5.02 Å². The van der Waals surface area contributed by atoms with Crippen molar-refractivity contribution in [1.82, 2.24) is 4.90 Å². The van der Waals surface area contributed by atoms with Crippen LogP contribution < -0.4 is 0 Å². The fourth-order valence-corrected chi connectivity index (χ4v) is 2.39. The summed E-state index contributed by atoms with van der Waals surface area (Å²) < 4.78 is 11.0. The molecule has 1 unspecified atom stereocenters. The summed E-state index contributed by atoms with van der Waals surface area (Å²) in [5, 5.41) is 0.726. The molecule has 1 aromatic carbocycles. The standard InChI is InChI=1S/C16H20ClNO3/c1-3-16(19)18(10-14-11-20-6-7-21-14)9-13-4-5-15(17)12(2)8-13/h3-5,8,14H,1,6-7,9-11H2,2H3. The molecule has 1 aromatic rings. The summed E-state index contributed by atoms with van der Waals surface area (Å²) in [5.74, 6) is -0.114. The highest BCUT2D eigenvalue weighted by molar-refractivity contribution is 6.31. The Kier molecular flexibility index (Phi) is 5.79. The molecule has 5 heteroatoms. The molecule has 0 bridgehead atoms. The molecule has 1 fully saturated rings. The highest BCUT2D eigenvalue weighted by atomic mass is 35.5. The lowest BCUT2D eigenvalue weighted by molar-refractivity contribution is -0.134. The normalized spacial score (nSPS) is 18.3. The average molecular weight is 310 g/mol. The Bertz CT molecular complexity index is 512. The number of carbonyl (C=O) groups excluding carboxylic acids is 1. The van der Waals surface area contributed by atoms with E-state index in [1.165, 1.54) is 6.08 Å². The van der Waals surface area contributed by atoms with Crippen LogP contribution >= 0.6 is 11.6 Å². The number of benzene rings is 1. The maximum Gasteiger partial charge on any atom is 0.246 e. The van der Waals surface area contributed by atoms with E-state index >= 15 is 0 Å². The van der Waals surface area contributed by atoms with Crippen molar-refractivity contribution in [2.75, 3.05) is 26.4 Å². The van der Waals surface area contributed by atoms with E-state index in [0.29, 0.717) is 32.9 Å². The molecule has 0 aromatic heterocycles. The number of halogens is 1. The smallest absolute Gasteiger partial charge is 0.246 e. The molecule has 1 heterocycles. The molecule has 1 aliphatic heterocycles. The third-order valence-corrected chi connectivity index (χ3v) is 3.82. The van der Waals surface area contributed by atoms with Crippen LogP contribution in [0.5, 0.6) is 0 Å². The van der Waals surface area contributed by atoms with Gasteiger partial charge in [0, 0.05) is 18.1 Å². The Hall–Kier alpha value is -1.36. The number of aryl methyl sites for hydroxylation is 1. The van der Waals surface area contributed by atoms with E-state index in [-0.39, 0.29) is 12.0 Å². The zero-order valence-electron chi connectivity index (χ0n) is 12.2. The first-order valence-corrected chi connectivity index (χ1v) is 7.33. The summed E-state index contributed by atoms with van der Waals surface area (Å²) in [6, 6.07) is 5.77. The predicted octanol–water partition coefficient (Wildman–Crippen LogP) is 2.58. The van der Waals surface area contributed by atoms with E-state index in [2.05, 4.69) is 6.58 Å². The molecule has 0 radical (unpaired) electrons. The van der Waals surface area contributed by atoms with Gasteiger partial charge in [0.2, 0.25) is 5.91 Å². The van der Waals surface area contributed by atoms with Gasteiger partial charge < -0.3 is 14.4 Å². The number of ether oxygens (including phenoxy) is 2. The van der Waals surface area contributed by atoms with Gasteiger partial charge in [-0.25, -0.2) is 0 Å². The zero-order chi connectivity index (χ0) is 15.2. The van der Waals surface area contributed by atoms with Gasteiger partial charge in [0.05, 0.1) is 25.9 Å². The summed E-state index contributed by atoms with van der Waals surface area (Å²) in [7, 11) is 0. The molecule has 0 saturated carbocycles. The summed E-state index contributed by atoms with van der Waals surface area (Å²) in [4.78, 5) is 13.7. The number of rotatable bonds is 5. The molecule has 21 heavy (non-hydrogen) atoms. The van der Waals surface area contributed by atoms with E-state index in [9.17, 15) is 4.79 Å². The molecular formula is C16H20ClNO3. The van der Waals surface area contributed by atoms with Crippen LogP contribution in [0, 0.1) is 6.92 Å². The minimum absolute atomic E-state index is 0.0870. The molecule has 0 N–H and O–H groups in total. The van der Waals surface area contributed by atoms with E-state index in [1.807, 2.05) is 25.1 Å². The number of amides is 1. The summed E-state index contributed by atoms with van der Waals surface area (Å²) in [6.07, 6.45) is 1.24. The Morgan fingerprint density at radius 2 is 2.33 bits per heavy atom. The molecule has 114 valence electrons. The second-order valence-electron chi connectivity index (χ2n) is 5.07. The fourth-order valence-electron chi connectivity index (χ4n) is 2.27. The topological polar surface area (TPSA) is 38.8 Å². The molecule has 1 atom stereocenters. The molecule has 1 saturated heterocycles. The Morgan fingerprint density at radius 3 is 2.95 bits per heavy atom. The van der Waals surface area contributed by atoms with Gasteiger partial charge in [-0.2, -0.15) is 0 Å². The van der Waals surface area contributed by atoms with Crippen molar-refractivity contribution in [2.24, 2.45) is 0 Å². The molecule has 0 aliphatic carbocycles. The average Bonchev–Trinajstić information content (AvgIpc) is 2.50. The minimum atomic E-state index is -0.114. The summed E-state index contributed by atoms with van der Waals surface area (Å²) in [6.45, 7) is 8.20. The molecule has 4 nitrogen and oxygen atoms in total. The lowest BCUT2D eigenvalue weighted by Crippen LogP contribution is -2.41. The van der Waals surface area contributed by atoms with E-state index in [4.69, 9.17) is 21.1 Å². The van der Waals surface area contributed by atoms with E-state index < -0.39 is 0 Å². The van der Waals surface area contributed by atoms with E-state index in [1.54, 1.807) is 4.90 Å². The van der Waals surface area contributed by atoms with Crippen LogP contribution in [0.3, 0.4) is 0 Å². The number of nitrogens with zero attached hydrogens (tertiary/aromatic N) is 1. The van der Waals surface area contributed by atoms with Gasteiger partial charge in [0.1, 0.15) is 0 Å². The van der Waals surface area contributed by atoms with Crippen LogP contribution in [-0.4, -0.2) is 43.3 Å². The first-order chi connectivity index (χ1) is 10.1. The number of hydrogen-bond donors (Lipinski definition) is 0. The van der Waals surface area contributed by atoms with Gasteiger partial charge >= 0.3 is 0 Å². The SMILES string of the molecule is C=CC(=O)N(Cc1ccc(Cl)c(C)c1)CC1COCCO1. The van der Waals surface area contributed by atoms with Gasteiger partial charge in [-0.1, -0.05) is 30.3 Å². The quantitative estimate of drug-likeness (QED) is 0.785. The second-order valence-corrected chi connectivity index (χ2v) is 5.48. The Morgan fingerprint density at radius 1 is 1.52 bits per heavy atom. The van der Waals surface area contributed by atoms with Crippen LogP contribution in [0.25, 0.3) is 0 Å². The molecular weight excluding hydrogens is 290 g/mol. The predicted molar refractivity (Wildman–Crippen MR) is 82.4 cm³/mol. The maximum absolute atomic E-state index is 12.0. The van der Waals surface area contributed by atoms with Crippen LogP contribution in [-0.2, 0) is 20.8 Å². The van der Waals surface area contributed by atoms with Gasteiger partial charge in [-0.05, 0) is 30.2 Å². The third kappa shape index (κ3) is 4.56. The van der Waals surface area contributed by atoms with Crippen molar-refractivity contribution >= 4 is 17.5 Å². The van der Waals surface area contributed by atoms with Crippen molar-refractivity contribution in [1.29, 1.82) is 0 Å². The fraction of sp³-hybridized carbons (Fsp3) is 0.438. The number of hydrogen-bond acceptors (Lipinski definition) is 3. The third-order valence-electron chi connectivity index (χ3n) is 3.39. The van der Waals surface area contributed by atoms with Crippen molar-refractivity contribution < 1.29 is 14.3 Å². The lowest BCUT2D eigenvalue weighted by atomic mass is 10.1. The van der Waals surface area contributed by atoms with Gasteiger partial charge in [0.15, 0.2) is 0 Å². The van der Waals surface area contributed by atoms with Crippen molar-refractivity contribution in [3.05, 3.63) is 47.0 Å². The van der Waals surface area contributed by atoms with Crippen LogP contribution in [0.15, 0.2) is 30.9 Å². The molecule has 1 aliphatic rings. The molecule has 1 amide bonds. The second kappa shape index (κ2) is 7.59. The van der Waals surface area contributed by atoms with Crippen molar-refractivity contribution in [3.8, 4) is 0 Å². The molecule has 2 rings (SSSR count). The van der Waals surface area contributed by atoms with Crippen LogP contribution in [0.1, 0.15) is 11.1 Å². The molecule has 0 spiro atoms. The van der Waals surface area contributed by atoms with Crippen molar-refractivity contribution in [2.45, 2.75) is 19.6 Å². The summed E-state index contributed by atoms with van der Waals surface area (Å²) >= 11 is 6.03. The highest BCUT2D eigenvalue weighted by Crippen LogP contribution is 2.18. The Labute approximate surface area is 130 Å². The van der Waals surface area contributed by atoms with E-state index in [0.717, 1.165) is 16.1 Å². The van der Waals surface area contributed by atoms with Gasteiger partial charge in [-0.15, -0.1) is 0 Å². The zero-order valence-corrected chi connectivity index (χ0v) is 12.9. The first kappa shape index (κ1) is 16.0. The highest BCUT2D eigenvalue weighted by Gasteiger charge is 2.21. The monoisotopic (exact) mass is 309 g/mol. The number of carbonyl (C=O) groups is 1. The minimum Gasteiger partial charge on any atom is -0.376 e. The van der Waals surface area contributed by atoms with Gasteiger partial charge in [0.25, 0.3) is 0 Å². The summed E-state index contributed by atoms with van der Waals surface area (Å²) in [5.41, 5.74) is 2.03. The first-order valence-electron chi connectivity index (χ1n) is 6.96. The lowest BCUT2D eigenvalue weighted by Gasteiger charge is -2.29. The van der Waals surface area contributed by atoms with Gasteiger partial charge in [-0.3, -0.25) is 4.79 Å². The largest absolute Gasteiger partial charge is 0.376 e. The maximum atomic E-state index is 12.0. The van der Waals surface area contributed by atoms with Crippen molar-refractivity contribution in [3.63, 3.8) is 0 Å². The van der Waals surface area contributed by atoms with Crippen LogP contribution in [0.4, 0.5) is 0 Å². The Balaban J connectivity index is 2.06.